The number of hydrogen-bond acceptors (Lipinski definition) is 7. The molecule has 2 heterocycles. The van der Waals surface area contributed by atoms with Gasteiger partial charge in [-0.15, -0.1) is 0 Å². The van der Waals surface area contributed by atoms with Crippen molar-refractivity contribution in [1.29, 1.82) is 5.26 Å². The molecule has 1 saturated heterocycles. The predicted molar refractivity (Wildman–Crippen MR) is 126 cm³/mol. The molecular formula is C24H33N5O5. The van der Waals surface area contributed by atoms with Gasteiger partial charge in [0, 0.05) is 5.39 Å². The van der Waals surface area contributed by atoms with E-state index >= 15 is 0 Å². The standard InChI is InChI=1S/C24H33N5O5/c1-14(2)8-19(23(31)27-16(11-25)9-15-6-7-26-13-34-12-15)29-24(32)20-10-17-18(28-20)4-5-21(30)22(17)33-3/h4-5,10,14-16,19,26,28,30H,6-9,12-13H2,1-3H3,(H,27,31)(H,29,32)/t15-,16-,19-/m0/s1. The molecule has 0 radical (unpaired) electrons. The summed E-state index contributed by atoms with van der Waals surface area (Å²) < 4.78 is 10.7. The first-order valence-corrected chi connectivity index (χ1v) is 11.5. The maximum absolute atomic E-state index is 13.1. The third-order valence-electron chi connectivity index (χ3n) is 5.84. The van der Waals surface area contributed by atoms with Crippen LogP contribution in [0.15, 0.2) is 18.2 Å². The molecular weight excluding hydrogens is 438 g/mol. The first kappa shape index (κ1) is 25.3. The predicted octanol–water partition coefficient (Wildman–Crippen LogP) is 2.01. The summed E-state index contributed by atoms with van der Waals surface area (Å²) in [7, 11) is 1.44. The first-order valence-electron chi connectivity index (χ1n) is 11.5. The summed E-state index contributed by atoms with van der Waals surface area (Å²) in [6.45, 7) is 5.74. The van der Waals surface area contributed by atoms with Gasteiger partial charge in [0.05, 0.1) is 32.0 Å². The third-order valence-corrected chi connectivity index (χ3v) is 5.84. The van der Waals surface area contributed by atoms with Gasteiger partial charge in [0.1, 0.15) is 17.8 Å². The molecule has 3 rings (SSSR count). The van der Waals surface area contributed by atoms with Crippen LogP contribution in [-0.4, -0.2) is 61.0 Å². The number of aromatic nitrogens is 1. The Balaban J connectivity index is 1.70. The highest BCUT2D eigenvalue weighted by Crippen LogP contribution is 2.34. The largest absolute Gasteiger partial charge is 0.504 e. The molecule has 1 fully saturated rings. The van der Waals surface area contributed by atoms with E-state index in [9.17, 15) is 20.0 Å². The summed E-state index contributed by atoms with van der Waals surface area (Å²) >= 11 is 0. The van der Waals surface area contributed by atoms with Crippen LogP contribution in [0.5, 0.6) is 11.5 Å². The number of benzene rings is 1. The number of nitriles is 1. The SMILES string of the molecule is COc1c(O)ccc2[nH]c(C(=O)N[C@@H](CC(C)C)C(=O)N[C@H](C#N)C[C@@H]3CCNCOC3)cc12. The van der Waals surface area contributed by atoms with Crippen molar-refractivity contribution < 1.29 is 24.2 Å². The molecule has 0 bridgehead atoms. The summed E-state index contributed by atoms with van der Waals surface area (Å²) in [5.41, 5.74) is 0.856. The number of nitrogens with zero attached hydrogens (tertiary/aromatic N) is 1. The highest BCUT2D eigenvalue weighted by molar-refractivity contribution is 6.02. The molecule has 10 nitrogen and oxygen atoms in total. The molecule has 0 spiro atoms. The van der Waals surface area contributed by atoms with Crippen molar-refractivity contribution in [3.8, 4) is 17.6 Å². The Hall–Kier alpha value is -3.29. The number of aromatic hydroxyl groups is 1. The van der Waals surface area contributed by atoms with E-state index in [1.54, 1.807) is 12.1 Å². The maximum Gasteiger partial charge on any atom is 0.268 e. The second kappa shape index (κ2) is 11.7. The minimum atomic E-state index is -0.808. The molecule has 0 unspecified atom stereocenters. The van der Waals surface area contributed by atoms with Crippen LogP contribution in [0, 0.1) is 23.2 Å². The number of hydrogen-bond donors (Lipinski definition) is 5. The Bertz CT molecular complexity index is 1040. The van der Waals surface area contributed by atoms with Gasteiger partial charge in [-0.05, 0) is 55.8 Å². The number of phenols is 1. The second-order valence-corrected chi connectivity index (χ2v) is 9.01. The maximum atomic E-state index is 13.1. The average molecular weight is 472 g/mol. The van der Waals surface area contributed by atoms with E-state index in [1.165, 1.54) is 13.2 Å². The molecule has 5 N–H and O–H groups in total. The number of carbonyl (C=O) groups is 2. The zero-order chi connectivity index (χ0) is 24.7. The van der Waals surface area contributed by atoms with Gasteiger partial charge < -0.3 is 30.2 Å². The lowest BCUT2D eigenvalue weighted by molar-refractivity contribution is -0.123. The van der Waals surface area contributed by atoms with Crippen LogP contribution in [-0.2, 0) is 9.53 Å². The van der Waals surface area contributed by atoms with Gasteiger partial charge in [-0.2, -0.15) is 5.26 Å². The van der Waals surface area contributed by atoms with E-state index in [2.05, 4.69) is 27.0 Å². The topological polar surface area (TPSA) is 148 Å². The van der Waals surface area contributed by atoms with Crippen molar-refractivity contribution in [3.05, 3.63) is 23.9 Å². The second-order valence-electron chi connectivity index (χ2n) is 9.01. The fourth-order valence-corrected chi connectivity index (χ4v) is 4.14. The number of ether oxygens (including phenoxy) is 2. The lowest BCUT2D eigenvalue weighted by atomic mass is 9.97. The van der Waals surface area contributed by atoms with E-state index in [1.807, 2.05) is 13.8 Å². The van der Waals surface area contributed by atoms with Crippen LogP contribution in [0.3, 0.4) is 0 Å². The summed E-state index contributed by atoms with van der Waals surface area (Å²) in [6.07, 6.45) is 1.76. The van der Waals surface area contributed by atoms with Gasteiger partial charge in [-0.1, -0.05) is 13.8 Å². The van der Waals surface area contributed by atoms with Gasteiger partial charge in [0.25, 0.3) is 5.91 Å². The normalized spacial score (nSPS) is 18.0. The minimum Gasteiger partial charge on any atom is -0.504 e. The number of H-pyrrole nitrogens is 1. The van der Waals surface area contributed by atoms with Crippen LogP contribution in [0.1, 0.15) is 43.6 Å². The van der Waals surface area contributed by atoms with Crippen molar-refractivity contribution in [1.82, 2.24) is 20.9 Å². The molecule has 1 aliphatic rings. The quantitative estimate of drug-likeness (QED) is 0.376. The van der Waals surface area contributed by atoms with Gasteiger partial charge in [-0.3, -0.25) is 14.9 Å². The number of methoxy groups -OCH3 is 1. The van der Waals surface area contributed by atoms with Gasteiger partial charge in [0.15, 0.2) is 11.5 Å². The Labute approximate surface area is 199 Å². The lowest BCUT2D eigenvalue weighted by Crippen LogP contribution is -2.50. The van der Waals surface area contributed by atoms with Crippen molar-refractivity contribution in [3.63, 3.8) is 0 Å². The Morgan fingerprint density at radius 1 is 1.35 bits per heavy atom. The number of carbonyl (C=O) groups excluding carboxylic acids is 2. The Kier molecular flexibility index (Phi) is 8.73. The fourth-order valence-electron chi connectivity index (χ4n) is 4.14. The van der Waals surface area contributed by atoms with Gasteiger partial charge in [0.2, 0.25) is 5.91 Å². The Morgan fingerprint density at radius 2 is 2.15 bits per heavy atom. The molecule has 1 aromatic carbocycles. The number of phenolic OH excluding ortho intramolecular Hbond substituents is 1. The van der Waals surface area contributed by atoms with Crippen LogP contribution in [0.25, 0.3) is 10.9 Å². The number of fused-ring (bicyclic) bond motifs is 1. The molecule has 2 amide bonds. The summed E-state index contributed by atoms with van der Waals surface area (Å²) in [5, 5.41) is 28.9. The summed E-state index contributed by atoms with van der Waals surface area (Å²) in [6, 6.07) is 5.38. The van der Waals surface area contributed by atoms with Crippen LogP contribution in [0.4, 0.5) is 0 Å². The van der Waals surface area contributed by atoms with E-state index in [-0.39, 0.29) is 29.0 Å². The van der Waals surface area contributed by atoms with Crippen LogP contribution >= 0.6 is 0 Å². The van der Waals surface area contributed by atoms with Gasteiger partial charge in [-0.25, -0.2) is 0 Å². The number of nitrogens with one attached hydrogen (secondary N) is 4. The molecule has 0 aliphatic carbocycles. The third kappa shape index (κ3) is 6.40. The van der Waals surface area contributed by atoms with E-state index in [0.29, 0.717) is 37.1 Å². The molecule has 1 aliphatic heterocycles. The smallest absolute Gasteiger partial charge is 0.268 e. The molecule has 34 heavy (non-hydrogen) atoms. The number of rotatable bonds is 9. The number of amides is 2. The van der Waals surface area contributed by atoms with Crippen LogP contribution < -0.4 is 20.7 Å². The fraction of sp³-hybridized carbons (Fsp3) is 0.542. The summed E-state index contributed by atoms with van der Waals surface area (Å²) in [5.74, 6) is -0.328. The van der Waals surface area contributed by atoms with Crippen LogP contribution in [0.2, 0.25) is 0 Å². The van der Waals surface area contributed by atoms with E-state index in [4.69, 9.17) is 9.47 Å². The van der Waals surface area contributed by atoms with E-state index < -0.39 is 23.9 Å². The minimum absolute atomic E-state index is 0.0320. The molecule has 184 valence electrons. The monoisotopic (exact) mass is 471 g/mol. The van der Waals surface area contributed by atoms with Gasteiger partial charge >= 0.3 is 0 Å². The Morgan fingerprint density at radius 3 is 2.85 bits per heavy atom. The van der Waals surface area contributed by atoms with E-state index in [0.717, 1.165) is 13.0 Å². The van der Waals surface area contributed by atoms with Crippen molar-refractivity contribution in [2.24, 2.45) is 11.8 Å². The first-order chi connectivity index (χ1) is 16.3. The molecule has 2 aromatic rings. The highest BCUT2D eigenvalue weighted by atomic mass is 16.5. The lowest BCUT2D eigenvalue weighted by Gasteiger charge is -2.23. The van der Waals surface area contributed by atoms with Crippen molar-refractivity contribution in [2.75, 3.05) is 27.0 Å². The average Bonchev–Trinajstić information content (AvgIpc) is 3.07. The molecule has 3 atom stereocenters. The molecule has 1 aromatic heterocycles. The summed E-state index contributed by atoms with van der Waals surface area (Å²) in [4.78, 5) is 29.0. The number of aromatic amines is 1. The zero-order valence-electron chi connectivity index (χ0n) is 19.8. The van der Waals surface area contributed by atoms with Crippen molar-refractivity contribution in [2.45, 2.75) is 45.2 Å². The highest BCUT2D eigenvalue weighted by Gasteiger charge is 2.27. The zero-order valence-corrected chi connectivity index (χ0v) is 19.8. The van der Waals surface area contributed by atoms with Crippen molar-refractivity contribution >= 4 is 22.7 Å². The molecule has 0 saturated carbocycles. The molecule has 10 heteroatoms.